The maximum absolute atomic E-state index is 4.51. The number of aliphatic imine (C=N–C) groups is 1. The number of fused-ring (bicyclic) bond motifs is 1. The van der Waals surface area contributed by atoms with Crippen LogP contribution in [-0.4, -0.2) is 10.1 Å². The molecule has 2 aromatic rings. The van der Waals surface area contributed by atoms with Gasteiger partial charge in [-0.2, -0.15) is 4.99 Å². The maximum Gasteiger partial charge on any atom is 0.0747 e. The SMILES string of the molecule is S=C=Nc1ccc2[nH]ccc2c1. The van der Waals surface area contributed by atoms with Gasteiger partial charge in [0.25, 0.3) is 0 Å². The molecule has 1 aromatic heterocycles. The smallest absolute Gasteiger partial charge is 0.0747 e. The molecule has 0 radical (unpaired) electrons. The highest BCUT2D eigenvalue weighted by Gasteiger charge is 1.93. The number of isothiocyanates is 1. The van der Waals surface area contributed by atoms with E-state index in [9.17, 15) is 0 Å². The number of rotatable bonds is 1. The predicted molar refractivity (Wildman–Crippen MR) is 53.0 cm³/mol. The quantitative estimate of drug-likeness (QED) is 0.522. The highest BCUT2D eigenvalue weighted by Crippen LogP contribution is 2.19. The first-order chi connectivity index (χ1) is 5.90. The number of nitrogens with one attached hydrogen (secondary N) is 1. The molecule has 2 nitrogen and oxygen atoms in total. The lowest BCUT2D eigenvalue weighted by Crippen LogP contribution is -1.66. The van der Waals surface area contributed by atoms with E-state index in [0.717, 1.165) is 16.6 Å². The molecule has 0 unspecified atom stereocenters. The number of thiocarbonyl (C=S) groups is 1. The molecule has 1 N–H and O–H groups in total. The van der Waals surface area contributed by atoms with E-state index in [0.29, 0.717) is 0 Å². The molecule has 1 heterocycles. The lowest BCUT2D eigenvalue weighted by Gasteiger charge is -1.90. The molecule has 0 aliphatic heterocycles. The van der Waals surface area contributed by atoms with Crippen LogP contribution in [0.2, 0.25) is 0 Å². The average Bonchev–Trinajstić information content (AvgIpc) is 2.51. The first-order valence-corrected chi connectivity index (χ1v) is 3.96. The van der Waals surface area contributed by atoms with E-state index in [1.54, 1.807) is 0 Å². The lowest BCUT2D eigenvalue weighted by atomic mass is 10.2. The number of hydrogen-bond acceptors (Lipinski definition) is 2. The van der Waals surface area contributed by atoms with Gasteiger partial charge in [-0.15, -0.1) is 0 Å². The van der Waals surface area contributed by atoms with Gasteiger partial charge >= 0.3 is 0 Å². The monoisotopic (exact) mass is 174 g/mol. The van der Waals surface area contributed by atoms with Crippen LogP contribution in [-0.2, 0) is 0 Å². The van der Waals surface area contributed by atoms with Crippen LogP contribution in [0.5, 0.6) is 0 Å². The molecule has 2 rings (SSSR count). The van der Waals surface area contributed by atoms with E-state index >= 15 is 0 Å². The first-order valence-electron chi connectivity index (χ1n) is 3.55. The average molecular weight is 174 g/mol. The summed E-state index contributed by atoms with van der Waals surface area (Å²) in [4.78, 5) is 6.99. The third kappa shape index (κ3) is 1.16. The summed E-state index contributed by atoms with van der Waals surface area (Å²) >= 11 is 4.51. The van der Waals surface area contributed by atoms with E-state index in [2.05, 4.69) is 27.4 Å². The van der Waals surface area contributed by atoms with Crippen molar-refractivity contribution in [1.82, 2.24) is 4.98 Å². The minimum absolute atomic E-state index is 0.845. The van der Waals surface area contributed by atoms with Crippen molar-refractivity contribution in [2.75, 3.05) is 0 Å². The molecule has 0 fully saturated rings. The van der Waals surface area contributed by atoms with E-state index in [1.165, 1.54) is 0 Å². The Labute approximate surface area is 74.9 Å². The Hall–Kier alpha value is -1.44. The van der Waals surface area contributed by atoms with Crippen LogP contribution < -0.4 is 0 Å². The number of H-pyrrole nitrogens is 1. The Kier molecular flexibility index (Phi) is 1.74. The van der Waals surface area contributed by atoms with Gasteiger partial charge in [0, 0.05) is 17.1 Å². The highest BCUT2D eigenvalue weighted by molar-refractivity contribution is 7.78. The topological polar surface area (TPSA) is 28.1 Å². The van der Waals surface area contributed by atoms with Crippen LogP contribution in [0.15, 0.2) is 35.5 Å². The summed E-state index contributed by atoms with van der Waals surface area (Å²) in [6.07, 6.45) is 1.90. The molecule has 0 saturated heterocycles. The van der Waals surface area contributed by atoms with Crippen molar-refractivity contribution >= 4 is 34.0 Å². The fourth-order valence-corrected chi connectivity index (χ4v) is 1.27. The van der Waals surface area contributed by atoms with Crippen molar-refractivity contribution in [3.63, 3.8) is 0 Å². The fourth-order valence-electron chi connectivity index (χ4n) is 1.16. The second kappa shape index (κ2) is 2.89. The van der Waals surface area contributed by atoms with E-state index in [4.69, 9.17) is 0 Å². The lowest BCUT2D eigenvalue weighted by molar-refractivity contribution is 1.47. The van der Waals surface area contributed by atoms with E-state index in [1.807, 2.05) is 30.5 Å². The highest BCUT2D eigenvalue weighted by atomic mass is 32.1. The second-order valence-corrected chi connectivity index (χ2v) is 2.63. The molecule has 1 aromatic carbocycles. The van der Waals surface area contributed by atoms with Crippen molar-refractivity contribution in [2.45, 2.75) is 0 Å². The Balaban J connectivity index is 2.67. The number of nitrogens with zero attached hydrogens (tertiary/aromatic N) is 1. The molecule has 12 heavy (non-hydrogen) atoms. The molecule has 0 amide bonds. The number of hydrogen-bond donors (Lipinski definition) is 1. The summed E-state index contributed by atoms with van der Waals surface area (Å²) in [5.74, 6) is 0. The Morgan fingerprint density at radius 3 is 3.08 bits per heavy atom. The molecular weight excluding hydrogens is 168 g/mol. The molecule has 0 aliphatic carbocycles. The van der Waals surface area contributed by atoms with Crippen molar-refractivity contribution < 1.29 is 0 Å². The summed E-state index contributed by atoms with van der Waals surface area (Å²) in [5.41, 5.74) is 1.95. The van der Waals surface area contributed by atoms with Crippen molar-refractivity contribution in [1.29, 1.82) is 0 Å². The van der Waals surface area contributed by atoms with Gasteiger partial charge in [0.2, 0.25) is 0 Å². The zero-order valence-corrected chi connectivity index (χ0v) is 7.06. The predicted octanol–water partition coefficient (Wildman–Crippen LogP) is 2.90. The molecule has 0 saturated carbocycles. The van der Waals surface area contributed by atoms with Crippen LogP contribution in [0.4, 0.5) is 5.69 Å². The van der Waals surface area contributed by atoms with Gasteiger partial charge in [0.05, 0.1) is 10.8 Å². The van der Waals surface area contributed by atoms with Crippen molar-refractivity contribution in [2.24, 2.45) is 4.99 Å². The fraction of sp³-hybridized carbons (Fsp3) is 0. The zero-order chi connectivity index (χ0) is 8.39. The Bertz CT molecular complexity index is 452. The Morgan fingerprint density at radius 1 is 1.33 bits per heavy atom. The summed E-state index contributed by atoms with van der Waals surface area (Å²) in [6, 6.07) is 7.84. The van der Waals surface area contributed by atoms with Gasteiger partial charge in [-0.1, -0.05) is 0 Å². The number of aromatic amines is 1. The molecule has 0 spiro atoms. The standard InChI is InChI=1S/C9H6N2S/c12-6-11-8-1-2-9-7(5-8)3-4-10-9/h1-5,10H. The summed E-state index contributed by atoms with van der Waals surface area (Å²) in [6.45, 7) is 0. The molecule has 3 heteroatoms. The van der Waals surface area contributed by atoms with Crippen molar-refractivity contribution in [3.05, 3.63) is 30.5 Å². The molecule has 0 bridgehead atoms. The van der Waals surface area contributed by atoms with Gasteiger partial charge < -0.3 is 4.98 Å². The van der Waals surface area contributed by atoms with Gasteiger partial charge in [-0.05, 0) is 36.5 Å². The van der Waals surface area contributed by atoms with Crippen LogP contribution >= 0.6 is 12.2 Å². The summed E-state index contributed by atoms with van der Waals surface area (Å²) in [5, 5.41) is 3.48. The summed E-state index contributed by atoms with van der Waals surface area (Å²) in [7, 11) is 0. The van der Waals surface area contributed by atoms with Gasteiger partial charge in [-0.25, -0.2) is 0 Å². The van der Waals surface area contributed by atoms with Crippen LogP contribution in [0, 0.1) is 0 Å². The van der Waals surface area contributed by atoms with Crippen LogP contribution in [0.25, 0.3) is 10.9 Å². The van der Waals surface area contributed by atoms with Gasteiger partial charge in [0.1, 0.15) is 0 Å². The molecule has 0 aliphatic rings. The third-order valence-electron chi connectivity index (χ3n) is 1.71. The minimum Gasteiger partial charge on any atom is -0.361 e. The van der Waals surface area contributed by atoms with E-state index in [-0.39, 0.29) is 0 Å². The first kappa shape index (κ1) is 7.22. The molecule has 58 valence electrons. The van der Waals surface area contributed by atoms with Crippen LogP contribution in [0.3, 0.4) is 0 Å². The zero-order valence-electron chi connectivity index (χ0n) is 6.24. The Morgan fingerprint density at radius 2 is 2.25 bits per heavy atom. The largest absolute Gasteiger partial charge is 0.361 e. The molecular formula is C9H6N2S. The molecule has 0 atom stereocenters. The van der Waals surface area contributed by atoms with E-state index < -0.39 is 0 Å². The van der Waals surface area contributed by atoms with Crippen LogP contribution in [0.1, 0.15) is 0 Å². The maximum atomic E-state index is 4.51. The number of aromatic nitrogens is 1. The van der Waals surface area contributed by atoms with Crippen molar-refractivity contribution in [3.8, 4) is 0 Å². The second-order valence-electron chi connectivity index (χ2n) is 2.45. The third-order valence-corrected chi connectivity index (χ3v) is 1.80. The van der Waals surface area contributed by atoms with Gasteiger partial charge in [-0.3, -0.25) is 0 Å². The summed E-state index contributed by atoms with van der Waals surface area (Å²) < 4.78 is 0. The van der Waals surface area contributed by atoms with Gasteiger partial charge in [0.15, 0.2) is 0 Å². The minimum atomic E-state index is 0.845. The normalized spacial score (nSPS) is 9.67. The number of benzene rings is 1.